The number of nitrogens with one attached hydrogen (secondary N) is 1. The van der Waals surface area contributed by atoms with Crippen molar-refractivity contribution in [2.24, 2.45) is 0 Å². The predicted octanol–water partition coefficient (Wildman–Crippen LogP) is 1.24. The molecule has 1 fully saturated rings. The Hall–Kier alpha value is -1.62. The molecule has 2 rings (SSSR count). The first-order valence-electron chi connectivity index (χ1n) is 7.21. The van der Waals surface area contributed by atoms with Crippen LogP contribution >= 0.6 is 0 Å². The van der Waals surface area contributed by atoms with Gasteiger partial charge >= 0.3 is 0 Å². The van der Waals surface area contributed by atoms with Crippen molar-refractivity contribution in [2.45, 2.75) is 32.7 Å². The molecule has 0 aliphatic carbocycles. The van der Waals surface area contributed by atoms with Gasteiger partial charge in [-0.25, -0.2) is 0 Å². The average molecular weight is 277 g/mol. The van der Waals surface area contributed by atoms with Crippen LogP contribution in [0.4, 0.5) is 0 Å². The van der Waals surface area contributed by atoms with Gasteiger partial charge in [0.15, 0.2) is 5.43 Å². The largest absolute Gasteiger partial charge is 0.364 e. The van der Waals surface area contributed by atoms with E-state index in [1.54, 1.807) is 6.20 Å². The molecule has 1 N–H and O–H groups in total. The Morgan fingerprint density at radius 3 is 2.85 bits per heavy atom. The number of aryl methyl sites for hydroxylation is 1. The third-order valence-corrected chi connectivity index (χ3v) is 3.92. The minimum Gasteiger partial charge on any atom is -0.364 e. The highest BCUT2D eigenvalue weighted by Crippen LogP contribution is 2.14. The third kappa shape index (κ3) is 3.10. The first-order valence-corrected chi connectivity index (χ1v) is 7.21. The molecular formula is C15H23N3O2. The number of likely N-dealkylation sites (N-methyl/N-ethyl adjacent to an activating group) is 1. The summed E-state index contributed by atoms with van der Waals surface area (Å²) in [6.45, 7) is 6.47. The molecule has 1 unspecified atom stereocenters. The average Bonchev–Trinajstić information content (AvgIpc) is 2.59. The highest BCUT2D eigenvalue weighted by molar-refractivity contribution is 5.94. The summed E-state index contributed by atoms with van der Waals surface area (Å²) in [7, 11) is 2.08. The molecule has 0 aromatic carbocycles. The second-order valence-corrected chi connectivity index (χ2v) is 5.57. The lowest BCUT2D eigenvalue weighted by atomic mass is 10.1. The Bertz CT molecular complexity index is 538. The molecule has 110 valence electrons. The van der Waals surface area contributed by atoms with Crippen LogP contribution in [0, 0.1) is 6.92 Å². The summed E-state index contributed by atoms with van der Waals surface area (Å²) >= 11 is 0. The molecule has 2 heterocycles. The molecule has 20 heavy (non-hydrogen) atoms. The summed E-state index contributed by atoms with van der Waals surface area (Å²) in [6, 6.07) is 1.66. The number of nitrogens with zero attached hydrogens (tertiary/aromatic N) is 2. The number of rotatable bonds is 2. The molecular weight excluding hydrogens is 254 g/mol. The lowest BCUT2D eigenvalue weighted by Crippen LogP contribution is -2.44. The fourth-order valence-electron chi connectivity index (χ4n) is 2.76. The fourth-order valence-corrected chi connectivity index (χ4v) is 2.76. The monoisotopic (exact) mass is 277 g/mol. The van der Waals surface area contributed by atoms with Gasteiger partial charge in [0.25, 0.3) is 5.91 Å². The highest BCUT2D eigenvalue weighted by atomic mass is 16.2. The quantitative estimate of drug-likeness (QED) is 0.885. The zero-order valence-corrected chi connectivity index (χ0v) is 12.5. The van der Waals surface area contributed by atoms with Crippen LogP contribution in [0.15, 0.2) is 17.1 Å². The summed E-state index contributed by atoms with van der Waals surface area (Å²) in [4.78, 5) is 31.7. The predicted molar refractivity (Wildman–Crippen MR) is 79.0 cm³/mol. The molecule has 1 atom stereocenters. The van der Waals surface area contributed by atoms with E-state index < -0.39 is 0 Å². The van der Waals surface area contributed by atoms with E-state index in [1.165, 1.54) is 6.07 Å². The summed E-state index contributed by atoms with van der Waals surface area (Å²) in [6.07, 6.45) is 3.39. The van der Waals surface area contributed by atoms with Gasteiger partial charge in [0.1, 0.15) is 5.56 Å². The van der Waals surface area contributed by atoms with E-state index in [0.717, 1.165) is 38.2 Å². The number of pyridine rings is 1. The first kappa shape index (κ1) is 14.8. The number of carbonyl (C=O) groups excluding carboxylic acids is 1. The van der Waals surface area contributed by atoms with Gasteiger partial charge in [0.05, 0.1) is 0 Å². The summed E-state index contributed by atoms with van der Waals surface area (Å²) in [5, 5.41) is 0. The zero-order chi connectivity index (χ0) is 14.7. The second kappa shape index (κ2) is 6.22. The normalized spacial score (nSPS) is 20.8. The Kier molecular flexibility index (Phi) is 4.60. The molecule has 5 nitrogen and oxygen atoms in total. The maximum atomic E-state index is 12.6. The van der Waals surface area contributed by atoms with Crippen LogP contribution in [0.1, 0.15) is 35.8 Å². The van der Waals surface area contributed by atoms with Gasteiger partial charge in [-0.15, -0.1) is 0 Å². The van der Waals surface area contributed by atoms with E-state index in [0.29, 0.717) is 0 Å². The number of hydrogen-bond acceptors (Lipinski definition) is 3. The Morgan fingerprint density at radius 2 is 2.20 bits per heavy atom. The van der Waals surface area contributed by atoms with Gasteiger partial charge in [0, 0.05) is 37.1 Å². The van der Waals surface area contributed by atoms with Crippen molar-refractivity contribution >= 4 is 5.91 Å². The summed E-state index contributed by atoms with van der Waals surface area (Å²) in [5.41, 5.74) is 0.825. The number of hydrogen-bond donors (Lipinski definition) is 1. The van der Waals surface area contributed by atoms with Gasteiger partial charge in [0.2, 0.25) is 0 Å². The van der Waals surface area contributed by atoms with E-state index in [1.807, 2.05) is 11.8 Å². The van der Waals surface area contributed by atoms with Crippen LogP contribution in [0.25, 0.3) is 0 Å². The van der Waals surface area contributed by atoms with Gasteiger partial charge in [-0.1, -0.05) is 6.92 Å². The molecule has 5 heteroatoms. The first-order chi connectivity index (χ1) is 9.52. The van der Waals surface area contributed by atoms with Crippen LogP contribution in [0.5, 0.6) is 0 Å². The fraction of sp³-hybridized carbons (Fsp3) is 0.600. The van der Waals surface area contributed by atoms with E-state index in [9.17, 15) is 9.59 Å². The van der Waals surface area contributed by atoms with Crippen LogP contribution in [0.3, 0.4) is 0 Å². The van der Waals surface area contributed by atoms with E-state index in [4.69, 9.17) is 0 Å². The lowest BCUT2D eigenvalue weighted by Gasteiger charge is -2.30. The molecule has 0 bridgehead atoms. The topological polar surface area (TPSA) is 56.4 Å². The third-order valence-electron chi connectivity index (χ3n) is 3.92. The van der Waals surface area contributed by atoms with E-state index in [2.05, 4.69) is 23.9 Å². The minimum absolute atomic E-state index is 0.145. The van der Waals surface area contributed by atoms with Crippen molar-refractivity contribution in [1.29, 1.82) is 0 Å². The van der Waals surface area contributed by atoms with Crippen molar-refractivity contribution in [1.82, 2.24) is 14.8 Å². The number of H-pyrrole nitrogens is 1. The minimum atomic E-state index is -0.196. The maximum absolute atomic E-state index is 12.6. The van der Waals surface area contributed by atoms with Gasteiger partial charge in [-0.05, 0) is 33.4 Å². The van der Waals surface area contributed by atoms with Crippen LogP contribution in [-0.4, -0.2) is 53.4 Å². The zero-order valence-electron chi connectivity index (χ0n) is 12.5. The van der Waals surface area contributed by atoms with Gasteiger partial charge < -0.3 is 14.8 Å². The molecule has 0 saturated carbocycles. The van der Waals surface area contributed by atoms with Crippen LogP contribution in [0.2, 0.25) is 0 Å². The van der Waals surface area contributed by atoms with Crippen molar-refractivity contribution in [3.8, 4) is 0 Å². The van der Waals surface area contributed by atoms with Crippen molar-refractivity contribution in [3.63, 3.8) is 0 Å². The number of carbonyl (C=O) groups is 1. The highest BCUT2D eigenvalue weighted by Gasteiger charge is 2.28. The molecule has 0 spiro atoms. The Labute approximate surface area is 119 Å². The van der Waals surface area contributed by atoms with E-state index >= 15 is 0 Å². The van der Waals surface area contributed by atoms with E-state index in [-0.39, 0.29) is 22.9 Å². The van der Waals surface area contributed by atoms with Crippen molar-refractivity contribution in [2.75, 3.05) is 26.7 Å². The SMILES string of the molecule is CCC1CN(C)CCCN1C(=O)c1c[nH]c(C)cc1=O. The summed E-state index contributed by atoms with van der Waals surface area (Å²) < 4.78 is 0. The van der Waals surface area contributed by atoms with Gasteiger partial charge in [-0.2, -0.15) is 0 Å². The Morgan fingerprint density at radius 1 is 1.45 bits per heavy atom. The standard InChI is InChI=1S/C15H23N3O2/c1-4-12-10-17(3)6-5-7-18(12)15(20)13-9-16-11(2)8-14(13)19/h8-9,12H,4-7,10H2,1-3H3,(H,16,19). The molecule has 1 saturated heterocycles. The molecule has 1 aromatic rings. The van der Waals surface area contributed by atoms with Crippen LogP contribution < -0.4 is 5.43 Å². The number of aromatic amines is 1. The Balaban J connectivity index is 2.28. The molecule has 1 aromatic heterocycles. The van der Waals surface area contributed by atoms with Crippen LogP contribution in [-0.2, 0) is 0 Å². The molecule has 1 aliphatic rings. The lowest BCUT2D eigenvalue weighted by molar-refractivity contribution is 0.0674. The van der Waals surface area contributed by atoms with Gasteiger partial charge in [-0.3, -0.25) is 9.59 Å². The molecule has 1 amide bonds. The summed E-state index contributed by atoms with van der Waals surface area (Å²) in [5.74, 6) is -0.145. The maximum Gasteiger partial charge on any atom is 0.259 e. The number of amides is 1. The number of aromatic nitrogens is 1. The van der Waals surface area contributed by atoms with Crippen molar-refractivity contribution < 1.29 is 4.79 Å². The molecule has 0 radical (unpaired) electrons. The molecule has 1 aliphatic heterocycles. The second-order valence-electron chi connectivity index (χ2n) is 5.57. The smallest absolute Gasteiger partial charge is 0.259 e. The van der Waals surface area contributed by atoms with Crippen molar-refractivity contribution in [3.05, 3.63) is 33.7 Å².